The van der Waals surface area contributed by atoms with E-state index in [1.54, 1.807) is 11.9 Å². The highest BCUT2D eigenvalue weighted by molar-refractivity contribution is 5.89. The second kappa shape index (κ2) is 5.75. The fourth-order valence-electron chi connectivity index (χ4n) is 2.86. The maximum absolute atomic E-state index is 13.2. The summed E-state index contributed by atoms with van der Waals surface area (Å²) in [5.41, 5.74) is 2.63. The lowest BCUT2D eigenvalue weighted by atomic mass is 10.1. The van der Waals surface area contributed by atoms with E-state index in [4.69, 9.17) is 0 Å². The first kappa shape index (κ1) is 14.5. The second-order valence-corrected chi connectivity index (χ2v) is 5.42. The van der Waals surface area contributed by atoms with Gasteiger partial charge in [0.2, 0.25) is 0 Å². The van der Waals surface area contributed by atoms with Gasteiger partial charge >= 0.3 is 6.03 Å². The van der Waals surface area contributed by atoms with Gasteiger partial charge in [-0.2, -0.15) is 0 Å². The number of aryl methyl sites for hydroxylation is 1. The Morgan fingerprint density at radius 1 is 1.18 bits per heavy atom. The predicted octanol–water partition coefficient (Wildman–Crippen LogP) is 4.12. The van der Waals surface area contributed by atoms with Gasteiger partial charge in [0, 0.05) is 18.8 Å². The molecule has 0 fully saturated rings. The number of nitrogens with zero attached hydrogens (tertiary/aromatic N) is 1. The molecule has 1 unspecified atom stereocenters. The second-order valence-electron chi connectivity index (χ2n) is 5.42. The molecule has 1 N–H and O–H groups in total. The number of carbonyl (C=O) groups excluding carboxylic acids is 1. The summed E-state index contributed by atoms with van der Waals surface area (Å²) in [6.45, 7) is 0. The van der Waals surface area contributed by atoms with Crippen molar-refractivity contribution in [2.75, 3.05) is 12.4 Å². The van der Waals surface area contributed by atoms with E-state index in [2.05, 4.69) is 11.4 Å². The number of halogens is 2. The van der Waals surface area contributed by atoms with Crippen LogP contribution in [0.3, 0.4) is 0 Å². The third kappa shape index (κ3) is 2.66. The lowest BCUT2D eigenvalue weighted by molar-refractivity contribution is 0.204. The van der Waals surface area contributed by atoms with E-state index < -0.39 is 11.6 Å². The minimum atomic E-state index is -0.980. The predicted molar refractivity (Wildman–Crippen MR) is 80.6 cm³/mol. The van der Waals surface area contributed by atoms with Gasteiger partial charge < -0.3 is 10.2 Å². The largest absolute Gasteiger partial charge is 0.322 e. The van der Waals surface area contributed by atoms with Crippen molar-refractivity contribution in [1.29, 1.82) is 0 Å². The van der Waals surface area contributed by atoms with Crippen molar-refractivity contribution < 1.29 is 13.6 Å². The average molecular weight is 302 g/mol. The minimum absolute atomic E-state index is 0.00138. The molecule has 0 radical (unpaired) electrons. The van der Waals surface area contributed by atoms with Crippen LogP contribution in [0.2, 0.25) is 0 Å². The number of rotatable bonds is 2. The molecule has 0 aliphatic heterocycles. The summed E-state index contributed by atoms with van der Waals surface area (Å²) in [5.74, 6) is -1.91. The molecule has 114 valence electrons. The van der Waals surface area contributed by atoms with Crippen molar-refractivity contribution in [2.45, 2.75) is 18.9 Å². The van der Waals surface area contributed by atoms with Crippen LogP contribution in [0.4, 0.5) is 19.3 Å². The van der Waals surface area contributed by atoms with Crippen LogP contribution < -0.4 is 5.32 Å². The van der Waals surface area contributed by atoms with E-state index in [1.807, 2.05) is 18.2 Å². The minimum Gasteiger partial charge on any atom is -0.321 e. The van der Waals surface area contributed by atoms with Crippen LogP contribution in [0.25, 0.3) is 0 Å². The Kier molecular flexibility index (Phi) is 3.79. The van der Waals surface area contributed by atoms with Crippen LogP contribution in [0.1, 0.15) is 23.6 Å². The van der Waals surface area contributed by atoms with E-state index in [0.717, 1.165) is 30.5 Å². The van der Waals surface area contributed by atoms with E-state index >= 15 is 0 Å². The molecule has 2 aromatic carbocycles. The van der Waals surface area contributed by atoms with Gasteiger partial charge in [-0.15, -0.1) is 0 Å². The van der Waals surface area contributed by atoms with E-state index in [0.29, 0.717) is 0 Å². The van der Waals surface area contributed by atoms with Gasteiger partial charge in [-0.05, 0) is 36.1 Å². The molecule has 0 saturated carbocycles. The number of fused-ring (bicyclic) bond motifs is 1. The number of carbonyl (C=O) groups is 1. The molecule has 3 rings (SSSR count). The molecular weight excluding hydrogens is 286 g/mol. The van der Waals surface area contributed by atoms with Crippen molar-refractivity contribution >= 4 is 11.7 Å². The number of benzene rings is 2. The Balaban J connectivity index is 1.74. The maximum Gasteiger partial charge on any atom is 0.322 e. The van der Waals surface area contributed by atoms with Gasteiger partial charge in [-0.25, -0.2) is 13.6 Å². The summed E-state index contributed by atoms with van der Waals surface area (Å²) in [6, 6.07) is 11.0. The molecule has 2 aromatic rings. The Morgan fingerprint density at radius 2 is 1.95 bits per heavy atom. The zero-order valence-electron chi connectivity index (χ0n) is 12.1. The summed E-state index contributed by atoms with van der Waals surface area (Å²) in [6.07, 6.45) is 1.80. The van der Waals surface area contributed by atoms with Gasteiger partial charge in [0.1, 0.15) is 0 Å². The van der Waals surface area contributed by atoms with Crippen molar-refractivity contribution in [3.63, 3.8) is 0 Å². The highest BCUT2D eigenvalue weighted by Gasteiger charge is 2.28. The highest BCUT2D eigenvalue weighted by Crippen LogP contribution is 2.35. The summed E-state index contributed by atoms with van der Waals surface area (Å²) < 4.78 is 26.1. The molecule has 0 heterocycles. The van der Waals surface area contributed by atoms with Crippen LogP contribution in [0.5, 0.6) is 0 Å². The molecule has 0 aromatic heterocycles. The molecule has 2 amide bonds. The topological polar surface area (TPSA) is 32.3 Å². The number of hydrogen-bond donors (Lipinski definition) is 1. The summed E-state index contributed by atoms with van der Waals surface area (Å²) in [7, 11) is 1.71. The molecule has 1 atom stereocenters. The van der Waals surface area contributed by atoms with E-state index in [9.17, 15) is 13.6 Å². The average Bonchev–Trinajstić information content (AvgIpc) is 2.94. The van der Waals surface area contributed by atoms with Gasteiger partial charge in [0.05, 0.1) is 6.04 Å². The zero-order chi connectivity index (χ0) is 15.7. The molecule has 5 heteroatoms. The molecule has 0 saturated heterocycles. The normalized spacial score (nSPS) is 16.2. The highest BCUT2D eigenvalue weighted by atomic mass is 19.2. The first-order valence-corrected chi connectivity index (χ1v) is 7.13. The molecule has 1 aliphatic rings. The molecular formula is C17H16F2N2O. The third-order valence-electron chi connectivity index (χ3n) is 4.06. The molecule has 0 spiro atoms. The van der Waals surface area contributed by atoms with Crippen molar-refractivity contribution in [3.05, 3.63) is 65.2 Å². The first-order chi connectivity index (χ1) is 10.6. The Hall–Kier alpha value is -2.43. The van der Waals surface area contributed by atoms with E-state index in [-0.39, 0.29) is 17.8 Å². The fourth-order valence-corrected chi connectivity index (χ4v) is 2.86. The first-order valence-electron chi connectivity index (χ1n) is 7.13. The molecule has 3 nitrogen and oxygen atoms in total. The van der Waals surface area contributed by atoms with Crippen LogP contribution in [-0.2, 0) is 6.42 Å². The number of urea groups is 1. The number of anilines is 1. The maximum atomic E-state index is 13.2. The van der Waals surface area contributed by atoms with Crippen molar-refractivity contribution in [3.8, 4) is 0 Å². The molecule has 1 aliphatic carbocycles. The Bertz CT molecular complexity index is 718. The quantitative estimate of drug-likeness (QED) is 0.889. The number of amides is 2. The smallest absolute Gasteiger partial charge is 0.321 e. The van der Waals surface area contributed by atoms with Crippen LogP contribution in [-0.4, -0.2) is 18.0 Å². The monoisotopic (exact) mass is 302 g/mol. The third-order valence-corrected chi connectivity index (χ3v) is 4.06. The van der Waals surface area contributed by atoms with Gasteiger partial charge in [0.15, 0.2) is 11.6 Å². The number of nitrogens with one attached hydrogen (secondary N) is 1. The Morgan fingerprint density at radius 3 is 2.73 bits per heavy atom. The van der Waals surface area contributed by atoms with Crippen LogP contribution >= 0.6 is 0 Å². The standard InChI is InChI=1S/C17H16F2N2O/c1-21(16-9-6-11-4-2-3-5-13(11)16)17(22)20-12-7-8-14(18)15(19)10-12/h2-5,7-8,10,16H,6,9H2,1H3,(H,20,22). The molecule has 22 heavy (non-hydrogen) atoms. The summed E-state index contributed by atoms with van der Waals surface area (Å²) in [4.78, 5) is 13.9. The fraction of sp³-hybridized carbons (Fsp3) is 0.235. The summed E-state index contributed by atoms with van der Waals surface area (Å²) >= 11 is 0. The molecule has 0 bridgehead atoms. The lowest BCUT2D eigenvalue weighted by Crippen LogP contribution is -2.34. The van der Waals surface area contributed by atoms with E-state index in [1.165, 1.54) is 11.6 Å². The SMILES string of the molecule is CN(C(=O)Nc1ccc(F)c(F)c1)C1CCc2ccccc21. The van der Waals surface area contributed by atoms with Crippen molar-refractivity contribution in [2.24, 2.45) is 0 Å². The van der Waals surface area contributed by atoms with Gasteiger partial charge in [-0.3, -0.25) is 0 Å². The van der Waals surface area contributed by atoms with Crippen LogP contribution in [0.15, 0.2) is 42.5 Å². The van der Waals surface area contributed by atoms with Gasteiger partial charge in [-0.1, -0.05) is 24.3 Å². The van der Waals surface area contributed by atoms with Crippen LogP contribution in [0, 0.1) is 11.6 Å². The lowest BCUT2D eigenvalue weighted by Gasteiger charge is -2.25. The summed E-state index contributed by atoms with van der Waals surface area (Å²) in [5, 5.41) is 2.60. The van der Waals surface area contributed by atoms with Gasteiger partial charge in [0.25, 0.3) is 0 Å². The Labute approximate surface area is 127 Å². The van der Waals surface area contributed by atoms with Crippen molar-refractivity contribution in [1.82, 2.24) is 4.90 Å². The number of hydrogen-bond acceptors (Lipinski definition) is 1. The zero-order valence-corrected chi connectivity index (χ0v) is 12.1.